The summed E-state index contributed by atoms with van der Waals surface area (Å²) in [6, 6.07) is 0.412. The van der Waals surface area contributed by atoms with Crippen LogP contribution in [0.5, 0.6) is 0 Å². The molecule has 2 fully saturated rings. The van der Waals surface area contributed by atoms with E-state index in [0.29, 0.717) is 24.7 Å². The molecule has 3 N–H and O–H groups in total. The highest BCUT2D eigenvalue weighted by Crippen LogP contribution is 2.26. The highest BCUT2D eigenvalue weighted by Gasteiger charge is 2.28. The molecule has 1 saturated heterocycles. The summed E-state index contributed by atoms with van der Waals surface area (Å²) >= 11 is 0. The van der Waals surface area contributed by atoms with E-state index in [1.165, 1.54) is 0 Å². The second kappa shape index (κ2) is 9.48. The summed E-state index contributed by atoms with van der Waals surface area (Å²) in [6.45, 7) is 5.66. The average molecular weight is 346 g/mol. The number of amides is 2. The van der Waals surface area contributed by atoms with Gasteiger partial charge in [-0.05, 0) is 37.5 Å². The topological polar surface area (TPSA) is 75.4 Å². The van der Waals surface area contributed by atoms with E-state index in [4.69, 9.17) is 5.73 Å². The molecule has 0 spiro atoms. The van der Waals surface area contributed by atoms with E-state index in [-0.39, 0.29) is 36.3 Å². The van der Waals surface area contributed by atoms with Gasteiger partial charge in [-0.2, -0.15) is 0 Å². The third kappa shape index (κ3) is 6.30. The Balaban J connectivity index is 0.00000264. The van der Waals surface area contributed by atoms with Crippen LogP contribution in [0.15, 0.2) is 0 Å². The van der Waals surface area contributed by atoms with Crippen molar-refractivity contribution in [2.45, 2.75) is 70.9 Å². The van der Waals surface area contributed by atoms with Gasteiger partial charge in [0.15, 0.2) is 0 Å². The van der Waals surface area contributed by atoms with Crippen LogP contribution >= 0.6 is 12.4 Å². The molecule has 2 atom stereocenters. The molecule has 134 valence electrons. The first-order valence-corrected chi connectivity index (χ1v) is 8.78. The number of hydrogen-bond acceptors (Lipinski definition) is 3. The summed E-state index contributed by atoms with van der Waals surface area (Å²) in [5.41, 5.74) is 6.03. The molecule has 0 aromatic carbocycles. The number of nitrogens with two attached hydrogens (primary N) is 1. The van der Waals surface area contributed by atoms with Crippen LogP contribution in [0.1, 0.15) is 58.8 Å². The highest BCUT2D eigenvalue weighted by molar-refractivity contribution is 5.85. The number of likely N-dealkylation sites (tertiary alicyclic amines) is 1. The number of piperidine rings is 1. The molecule has 0 radical (unpaired) electrons. The Labute approximate surface area is 146 Å². The highest BCUT2D eigenvalue weighted by atomic mass is 35.5. The summed E-state index contributed by atoms with van der Waals surface area (Å²) in [4.78, 5) is 26.1. The van der Waals surface area contributed by atoms with E-state index in [1.807, 2.05) is 4.90 Å². The number of carbonyl (C=O) groups excluding carboxylic acids is 2. The molecule has 1 aliphatic heterocycles. The Kier molecular flexibility index (Phi) is 8.34. The summed E-state index contributed by atoms with van der Waals surface area (Å²) in [6.07, 6.45) is 6.20. The number of nitrogens with zero attached hydrogens (tertiary/aromatic N) is 1. The quantitative estimate of drug-likeness (QED) is 0.801. The van der Waals surface area contributed by atoms with Crippen molar-refractivity contribution in [2.24, 2.45) is 17.6 Å². The normalized spacial score (nSPS) is 25.3. The Morgan fingerprint density at radius 3 is 2.35 bits per heavy atom. The van der Waals surface area contributed by atoms with E-state index in [0.717, 1.165) is 45.2 Å². The standard InChI is InChI=1S/C17H31N3O2.ClH/c1-12(2)10-17(22)20-8-6-14(7-9-20)19-16(21)11-13-4-3-5-15(13)18;/h12-15H,3-11,18H2,1-2H3,(H,19,21);1H/t13-,15+;/m0./s1. The Morgan fingerprint density at radius 2 is 1.83 bits per heavy atom. The van der Waals surface area contributed by atoms with Gasteiger partial charge in [0.05, 0.1) is 0 Å². The SMILES string of the molecule is CC(C)CC(=O)N1CCC(NC(=O)C[C@@H]2CCC[C@H]2N)CC1.Cl. The minimum absolute atomic E-state index is 0. The molecule has 0 aromatic heterocycles. The van der Waals surface area contributed by atoms with E-state index in [1.54, 1.807) is 0 Å². The fourth-order valence-electron chi connectivity index (χ4n) is 3.60. The van der Waals surface area contributed by atoms with Crippen LogP contribution in [0.4, 0.5) is 0 Å². The lowest BCUT2D eigenvalue weighted by Crippen LogP contribution is -2.47. The third-order valence-electron chi connectivity index (χ3n) is 4.96. The number of halogens is 1. The lowest BCUT2D eigenvalue weighted by Gasteiger charge is -2.33. The minimum atomic E-state index is 0. The molecular weight excluding hydrogens is 314 g/mol. The van der Waals surface area contributed by atoms with E-state index in [2.05, 4.69) is 19.2 Å². The van der Waals surface area contributed by atoms with Crippen LogP contribution in [0, 0.1) is 11.8 Å². The van der Waals surface area contributed by atoms with Crippen LogP contribution in [0.2, 0.25) is 0 Å². The first-order chi connectivity index (χ1) is 10.5. The van der Waals surface area contributed by atoms with E-state index >= 15 is 0 Å². The molecule has 5 nitrogen and oxygen atoms in total. The first kappa shape index (κ1) is 20.2. The molecule has 1 aliphatic carbocycles. The molecule has 0 aromatic rings. The van der Waals surface area contributed by atoms with Gasteiger partial charge in [-0.1, -0.05) is 20.3 Å². The van der Waals surface area contributed by atoms with Crippen molar-refractivity contribution in [3.63, 3.8) is 0 Å². The first-order valence-electron chi connectivity index (χ1n) is 8.78. The fraction of sp³-hybridized carbons (Fsp3) is 0.882. The van der Waals surface area contributed by atoms with Crippen LogP contribution < -0.4 is 11.1 Å². The maximum absolute atomic E-state index is 12.1. The molecule has 2 aliphatic rings. The number of nitrogens with one attached hydrogen (secondary N) is 1. The van der Waals surface area contributed by atoms with E-state index < -0.39 is 0 Å². The molecular formula is C17H32ClN3O2. The maximum Gasteiger partial charge on any atom is 0.222 e. The van der Waals surface area contributed by atoms with Gasteiger partial charge in [-0.15, -0.1) is 12.4 Å². The van der Waals surface area contributed by atoms with Gasteiger partial charge in [0.25, 0.3) is 0 Å². The van der Waals surface area contributed by atoms with Crippen LogP contribution in [0.3, 0.4) is 0 Å². The molecule has 6 heteroatoms. The second-order valence-electron chi connectivity index (χ2n) is 7.38. The monoisotopic (exact) mass is 345 g/mol. The summed E-state index contributed by atoms with van der Waals surface area (Å²) < 4.78 is 0. The van der Waals surface area contributed by atoms with Crippen LogP contribution in [-0.4, -0.2) is 41.9 Å². The van der Waals surface area contributed by atoms with Crippen molar-refractivity contribution in [1.82, 2.24) is 10.2 Å². The zero-order chi connectivity index (χ0) is 16.1. The van der Waals surface area contributed by atoms with Crippen LogP contribution in [-0.2, 0) is 9.59 Å². The van der Waals surface area contributed by atoms with Gasteiger partial charge in [-0.25, -0.2) is 0 Å². The van der Waals surface area contributed by atoms with Crippen molar-refractivity contribution < 1.29 is 9.59 Å². The predicted octanol–water partition coefficient (Wildman–Crippen LogP) is 2.08. The van der Waals surface area contributed by atoms with Crippen molar-refractivity contribution in [1.29, 1.82) is 0 Å². The molecule has 0 unspecified atom stereocenters. The molecule has 23 heavy (non-hydrogen) atoms. The maximum atomic E-state index is 12.1. The van der Waals surface area contributed by atoms with Crippen molar-refractivity contribution >= 4 is 24.2 Å². The zero-order valence-electron chi connectivity index (χ0n) is 14.4. The third-order valence-corrected chi connectivity index (χ3v) is 4.96. The van der Waals surface area contributed by atoms with Gasteiger partial charge in [0, 0.05) is 38.0 Å². The number of rotatable bonds is 5. The minimum Gasteiger partial charge on any atom is -0.353 e. The molecule has 1 heterocycles. The Morgan fingerprint density at radius 1 is 1.17 bits per heavy atom. The molecule has 2 rings (SSSR count). The average Bonchev–Trinajstić information content (AvgIpc) is 2.84. The Hall–Kier alpha value is -0.810. The number of carbonyl (C=O) groups is 2. The molecule has 2 amide bonds. The van der Waals surface area contributed by atoms with Crippen molar-refractivity contribution in [3.8, 4) is 0 Å². The lowest BCUT2D eigenvalue weighted by molar-refractivity contribution is -0.133. The lowest BCUT2D eigenvalue weighted by atomic mass is 9.98. The fourth-order valence-corrected chi connectivity index (χ4v) is 3.60. The van der Waals surface area contributed by atoms with Gasteiger partial charge in [-0.3, -0.25) is 9.59 Å². The predicted molar refractivity (Wildman–Crippen MR) is 94.4 cm³/mol. The largest absolute Gasteiger partial charge is 0.353 e. The van der Waals surface area contributed by atoms with E-state index in [9.17, 15) is 9.59 Å². The smallest absolute Gasteiger partial charge is 0.222 e. The summed E-state index contributed by atoms with van der Waals surface area (Å²) in [5.74, 6) is 1.14. The van der Waals surface area contributed by atoms with Gasteiger partial charge in [0.2, 0.25) is 11.8 Å². The van der Waals surface area contributed by atoms with Crippen LogP contribution in [0.25, 0.3) is 0 Å². The molecule has 0 bridgehead atoms. The van der Waals surface area contributed by atoms with Gasteiger partial charge in [0.1, 0.15) is 0 Å². The van der Waals surface area contributed by atoms with Crippen molar-refractivity contribution in [2.75, 3.05) is 13.1 Å². The van der Waals surface area contributed by atoms with Gasteiger partial charge >= 0.3 is 0 Å². The summed E-state index contributed by atoms with van der Waals surface area (Å²) in [5, 5.41) is 3.13. The van der Waals surface area contributed by atoms with Crippen molar-refractivity contribution in [3.05, 3.63) is 0 Å². The zero-order valence-corrected chi connectivity index (χ0v) is 15.2. The number of hydrogen-bond donors (Lipinski definition) is 2. The summed E-state index contributed by atoms with van der Waals surface area (Å²) in [7, 11) is 0. The Bertz CT molecular complexity index is 395. The van der Waals surface area contributed by atoms with Gasteiger partial charge < -0.3 is 16.0 Å². The second-order valence-corrected chi connectivity index (χ2v) is 7.38. The molecule has 1 saturated carbocycles.